The van der Waals surface area contributed by atoms with Gasteiger partial charge in [0.15, 0.2) is 0 Å². The molecule has 1 amide bonds. The zero-order valence-corrected chi connectivity index (χ0v) is 20.9. The van der Waals surface area contributed by atoms with Crippen LogP contribution in [0.1, 0.15) is 36.7 Å². The molecule has 1 aromatic heterocycles. The van der Waals surface area contributed by atoms with Crippen LogP contribution in [0.3, 0.4) is 0 Å². The highest BCUT2D eigenvalue weighted by molar-refractivity contribution is 5.82. The first kappa shape index (κ1) is 23.7. The third-order valence-electron chi connectivity index (χ3n) is 7.61. The minimum absolute atomic E-state index is 0.165. The van der Waals surface area contributed by atoms with Crippen LogP contribution in [0.5, 0.6) is 5.75 Å². The van der Waals surface area contributed by atoms with Crippen molar-refractivity contribution in [1.29, 1.82) is 0 Å². The molecule has 2 aliphatic rings. The van der Waals surface area contributed by atoms with Crippen molar-refractivity contribution in [3.8, 4) is 5.75 Å². The van der Waals surface area contributed by atoms with Gasteiger partial charge in [-0.3, -0.25) is 4.79 Å². The summed E-state index contributed by atoms with van der Waals surface area (Å²) in [5.74, 6) is 2.48. The van der Waals surface area contributed by atoms with Gasteiger partial charge in [-0.15, -0.1) is 0 Å². The molecule has 4 aromatic rings. The van der Waals surface area contributed by atoms with E-state index in [-0.39, 0.29) is 18.0 Å². The number of fused-ring (bicyclic) bond motifs is 1. The number of nitrogens with one attached hydrogen (secondary N) is 2. The molecule has 3 aromatic carbocycles. The molecule has 0 spiro atoms. The Labute approximate surface area is 217 Å². The Bertz CT molecular complexity index is 1330. The van der Waals surface area contributed by atoms with E-state index in [4.69, 9.17) is 9.72 Å². The van der Waals surface area contributed by atoms with E-state index in [0.29, 0.717) is 12.5 Å². The van der Waals surface area contributed by atoms with E-state index in [1.54, 1.807) is 0 Å². The van der Waals surface area contributed by atoms with Crippen molar-refractivity contribution in [2.75, 3.05) is 13.1 Å². The lowest BCUT2D eigenvalue weighted by atomic mass is 9.95. The van der Waals surface area contributed by atoms with Gasteiger partial charge in [-0.25, -0.2) is 15.8 Å². The quantitative estimate of drug-likeness (QED) is 0.396. The van der Waals surface area contributed by atoms with E-state index in [0.717, 1.165) is 61.5 Å². The molecule has 0 radical (unpaired) electrons. The number of carbonyl (C=O) groups is 1. The standard InChI is InChI=1S/C30H33N5O2/c36-30(27-19-26(32-33-27)23-9-3-1-4-10-23)34-17-15-22(16-18-34)20-35-28-14-8-7-13-25(28)31-29(35)21-37-24-11-5-2-6-12-24/h1-14,22,26-27,32-33H,15-21H2. The van der Waals surface area contributed by atoms with Crippen molar-refractivity contribution in [3.63, 3.8) is 0 Å². The van der Waals surface area contributed by atoms with Crippen molar-refractivity contribution in [2.45, 2.75) is 44.5 Å². The van der Waals surface area contributed by atoms with Crippen LogP contribution in [-0.4, -0.2) is 39.5 Å². The number of hydrogen-bond donors (Lipinski definition) is 2. The first-order valence-corrected chi connectivity index (χ1v) is 13.2. The lowest BCUT2D eigenvalue weighted by Crippen LogP contribution is -2.48. The zero-order chi connectivity index (χ0) is 25.0. The number of rotatable bonds is 7. The molecule has 7 nitrogen and oxygen atoms in total. The number of likely N-dealkylation sites (tertiary alicyclic amines) is 1. The molecule has 2 unspecified atom stereocenters. The number of ether oxygens (including phenoxy) is 1. The number of imidazole rings is 1. The van der Waals surface area contributed by atoms with E-state index in [2.05, 4.69) is 45.8 Å². The average molecular weight is 496 g/mol. The lowest BCUT2D eigenvalue weighted by molar-refractivity contribution is -0.134. The first-order valence-electron chi connectivity index (χ1n) is 13.2. The molecular formula is C30H33N5O2. The summed E-state index contributed by atoms with van der Waals surface area (Å²) >= 11 is 0. The summed E-state index contributed by atoms with van der Waals surface area (Å²) in [6.07, 6.45) is 2.74. The predicted octanol–water partition coefficient (Wildman–Crippen LogP) is 4.46. The van der Waals surface area contributed by atoms with Crippen LogP contribution in [0, 0.1) is 5.92 Å². The van der Waals surface area contributed by atoms with Crippen LogP contribution in [0.15, 0.2) is 84.9 Å². The Hall–Kier alpha value is -3.68. The fourth-order valence-electron chi connectivity index (χ4n) is 5.54. The summed E-state index contributed by atoms with van der Waals surface area (Å²) in [5.41, 5.74) is 9.89. The molecule has 2 atom stereocenters. The smallest absolute Gasteiger partial charge is 0.241 e. The molecular weight excluding hydrogens is 462 g/mol. The number of piperidine rings is 1. The zero-order valence-electron chi connectivity index (χ0n) is 20.9. The third kappa shape index (κ3) is 5.24. The molecule has 0 saturated carbocycles. The average Bonchev–Trinajstić information content (AvgIpc) is 3.59. The maximum absolute atomic E-state index is 13.2. The highest BCUT2D eigenvalue weighted by Gasteiger charge is 2.34. The Morgan fingerprint density at radius 1 is 0.892 bits per heavy atom. The van der Waals surface area contributed by atoms with E-state index >= 15 is 0 Å². The molecule has 3 heterocycles. The van der Waals surface area contributed by atoms with Gasteiger partial charge in [0.2, 0.25) is 5.91 Å². The molecule has 2 aliphatic heterocycles. The van der Waals surface area contributed by atoms with Crippen LogP contribution in [-0.2, 0) is 17.9 Å². The van der Waals surface area contributed by atoms with Crippen molar-refractivity contribution in [1.82, 2.24) is 25.3 Å². The number of para-hydroxylation sites is 3. The maximum Gasteiger partial charge on any atom is 0.241 e. The van der Waals surface area contributed by atoms with Crippen LogP contribution < -0.4 is 15.6 Å². The second kappa shape index (κ2) is 10.7. The molecule has 2 N–H and O–H groups in total. The largest absolute Gasteiger partial charge is 0.486 e. The summed E-state index contributed by atoms with van der Waals surface area (Å²) in [4.78, 5) is 20.2. The van der Waals surface area contributed by atoms with Gasteiger partial charge in [-0.05, 0) is 55.0 Å². The monoisotopic (exact) mass is 495 g/mol. The van der Waals surface area contributed by atoms with Gasteiger partial charge in [0.05, 0.1) is 11.0 Å². The van der Waals surface area contributed by atoms with Gasteiger partial charge >= 0.3 is 0 Å². The second-order valence-corrected chi connectivity index (χ2v) is 10.0. The van der Waals surface area contributed by atoms with Gasteiger partial charge in [-0.1, -0.05) is 60.7 Å². The van der Waals surface area contributed by atoms with E-state index < -0.39 is 0 Å². The van der Waals surface area contributed by atoms with Crippen molar-refractivity contribution < 1.29 is 9.53 Å². The Balaban J connectivity index is 1.08. The van der Waals surface area contributed by atoms with Crippen molar-refractivity contribution in [2.24, 2.45) is 5.92 Å². The van der Waals surface area contributed by atoms with Crippen molar-refractivity contribution in [3.05, 3.63) is 96.3 Å². The van der Waals surface area contributed by atoms with Crippen LogP contribution in [0.25, 0.3) is 11.0 Å². The number of nitrogens with zero attached hydrogens (tertiary/aromatic N) is 3. The fourth-order valence-corrected chi connectivity index (χ4v) is 5.54. The molecule has 7 heteroatoms. The van der Waals surface area contributed by atoms with Gasteiger partial charge in [0.25, 0.3) is 0 Å². The van der Waals surface area contributed by atoms with Gasteiger partial charge < -0.3 is 14.2 Å². The molecule has 37 heavy (non-hydrogen) atoms. The van der Waals surface area contributed by atoms with Gasteiger partial charge in [-0.2, -0.15) is 0 Å². The Morgan fingerprint density at radius 2 is 1.59 bits per heavy atom. The van der Waals surface area contributed by atoms with E-state index in [1.165, 1.54) is 5.56 Å². The summed E-state index contributed by atoms with van der Waals surface area (Å²) in [6, 6.07) is 28.5. The van der Waals surface area contributed by atoms with Gasteiger partial charge in [0, 0.05) is 25.7 Å². The molecule has 0 bridgehead atoms. The van der Waals surface area contributed by atoms with Crippen LogP contribution in [0.2, 0.25) is 0 Å². The maximum atomic E-state index is 13.2. The molecule has 190 valence electrons. The number of carbonyl (C=O) groups excluding carboxylic acids is 1. The van der Waals surface area contributed by atoms with Crippen LogP contribution >= 0.6 is 0 Å². The normalized spacial score (nSPS) is 20.4. The minimum atomic E-state index is -0.180. The van der Waals surface area contributed by atoms with Gasteiger partial charge in [0.1, 0.15) is 24.2 Å². The minimum Gasteiger partial charge on any atom is -0.486 e. The predicted molar refractivity (Wildman–Crippen MR) is 144 cm³/mol. The number of hydrogen-bond acceptors (Lipinski definition) is 5. The highest BCUT2D eigenvalue weighted by atomic mass is 16.5. The SMILES string of the molecule is O=C(C1CC(c2ccccc2)NN1)N1CCC(Cn2c(COc3ccccc3)nc3ccccc32)CC1. The highest BCUT2D eigenvalue weighted by Crippen LogP contribution is 2.27. The summed E-state index contributed by atoms with van der Waals surface area (Å²) < 4.78 is 8.36. The number of benzene rings is 3. The van der Waals surface area contributed by atoms with E-state index in [1.807, 2.05) is 59.5 Å². The summed E-state index contributed by atoms with van der Waals surface area (Å²) in [6.45, 7) is 2.90. The Kier molecular flexibility index (Phi) is 6.88. The lowest BCUT2D eigenvalue weighted by Gasteiger charge is -2.34. The van der Waals surface area contributed by atoms with E-state index in [9.17, 15) is 4.79 Å². The topological polar surface area (TPSA) is 71.4 Å². The summed E-state index contributed by atoms with van der Waals surface area (Å²) in [7, 11) is 0. The second-order valence-electron chi connectivity index (χ2n) is 10.0. The van der Waals surface area contributed by atoms with Crippen molar-refractivity contribution >= 4 is 16.9 Å². The number of aromatic nitrogens is 2. The number of hydrazine groups is 1. The fraction of sp³-hybridized carbons (Fsp3) is 0.333. The third-order valence-corrected chi connectivity index (χ3v) is 7.61. The first-order chi connectivity index (χ1) is 18.2. The number of amides is 1. The molecule has 0 aliphatic carbocycles. The molecule has 2 saturated heterocycles. The molecule has 2 fully saturated rings. The van der Waals surface area contributed by atoms with Crippen LogP contribution in [0.4, 0.5) is 0 Å². The Morgan fingerprint density at radius 3 is 2.38 bits per heavy atom. The molecule has 6 rings (SSSR count). The summed E-state index contributed by atoms with van der Waals surface area (Å²) in [5, 5.41) is 0.